The quantitative estimate of drug-likeness (QED) is 0.749. The highest BCUT2D eigenvalue weighted by atomic mass is 16.5. The van der Waals surface area contributed by atoms with Gasteiger partial charge in [0.1, 0.15) is 5.75 Å². The molecule has 0 bridgehead atoms. The third-order valence-corrected chi connectivity index (χ3v) is 4.25. The van der Waals surface area contributed by atoms with Crippen molar-refractivity contribution in [1.29, 1.82) is 0 Å². The number of aryl methyl sites for hydroxylation is 2. The van der Waals surface area contributed by atoms with Crippen molar-refractivity contribution in [3.05, 3.63) is 29.3 Å². The van der Waals surface area contributed by atoms with Crippen molar-refractivity contribution in [1.82, 2.24) is 15.8 Å². The predicted molar refractivity (Wildman–Crippen MR) is 97.2 cm³/mol. The van der Waals surface area contributed by atoms with Gasteiger partial charge in [0, 0.05) is 19.5 Å². The van der Waals surface area contributed by atoms with Crippen molar-refractivity contribution < 1.29 is 19.1 Å². The number of hydrazine groups is 1. The lowest BCUT2D eigenvalue weighted by Crippen LogP contribution is -2.46. The van der Waals surface area contributed by atoms with Crippen LogP contribution >= 0.6 is 0 Å². The Morgan fingerprint density at radius 1 is 1.23 bits per heavy atom. The fraction of sp³-hybridized carbons (Fsp3) is 0.526. The highest BCUT2D eigenvalue weighted by Crippen LogP contribution is 2.22. The summed E-state index contributed by atoms with van der Waals surface area (Å²) in [5, 5.41) is 0. The largest absolute Gasteiger partial charge is 0.483 e. The van der Waals surface area contributed by atoms with E-state index >= 15 is 0 Å². The van der Waals surface area contributed by atoms with Gasteiger partial charge in [-0.1, -0.05) is 32.0 Å². The summed E-state index contributed by atoms with van der Waals surface area (Å²) in [4.78, 5) is 37.7. The number of likely N-dealkylation sites (tertiary alicyclic amines) is 1. The molecule has 0 unspecified atom stereocenters. The predicted octanol–water partition coefficient (Wildman–Crippen LogP) is 1.33. The summed E-state index contributed by atoms with van der Waals surface area (Å²) in [5.74, 6) is -0.263. The molecule has 7 heteroatoms. The van der Waals surface area contributed by atoms with Crippen LogP contribution in [0.15, 0.2) is 18.2 Å². The molecular formula is C19H27N3O4. The van der Waals surface area contributed by atoms with Crippen LogP contribution in [0.4, 0.5) is 0 Å². The molecule has 1 aliphatic rings. The number of para-hydroxylation sites is 1. The summed E-state index contributed by atoms with van der Waals surface area (Å²) in [7, 11) is 0. The number of rotatable bonds is 6. The molecule has 1 atom stereocenters. The molecule has 0 aliphatic carbocycles. The number of amides is 3. The van der Waals surface area contributed by atoms with Gasteiger partial charge in [0.05, 0.1) is 5.92 Å². The SMILES string of the molecule is Cc1cccc(C)c1OCC(=O)NNC(=O)[C@@H]1CC(=O)N(CC(C)C)C1. The number of hydrogen-bond acceptors (Lipinski definition) is 4. The van der Waals surface area contributed by atoms with Crippen LogP contribution in [-0.4, -0.2) is 42.3 Å². The fourth-order valence-electron chi connectivity index (χ4n) is 3.00. The van der Waals surface area contributed by atoms with Crippen LogP contribution in [-0.2, 0) is 14.4 Å². The summed E-state index contributed by atoms with van der Waals surface area (Å²) in [6, 6.07) is 5.73. The molecule has 142 valence electrons. The van der Waals surface area contributed by atoms with Gasteiger partial charge in [-0.25, -0.2) is 0 Å². The standard InChI is InChI=1S/C19H27N3O4/c1-12(2)9-22-10-15(8-17(22)24)19(25)21-20-16(23)11-26-18-13(3)6-5-7-14(18)4/h5-7,12,15H,8-11H2,1-4H3,(H,20,23)(H,21,25)/t15-/m1/s1. The molecule has 3 amide bonds. The molecule has 1 fully saturated rings. The Morgan fingerprint density at radius 3 is 2.50 bits per heavy atom. The Bertz CT molecular complexity index is 667. The maximum atomic E-state index is 12.2. The topological polar surface area (TPSA) is 87.7 Å². The highest BCUT2D eigenvalue weighted by molar-refractivity contribution is 5.90. The van der Waals surface area contributed by atoms with Crippen LogP contribution in [0.5, 0.6) is 5.75 Å². The van der Waals surface area contributed by atoms with Gasteiger partial charge in [-0.3, -0.25) is 25.2 Å². The maximum Gasteiger partial charge on any atom is 0.276 e. The number of carbonyl (C=O) groups excluding carboxylic acids is 3. The van der Waals surface area contributed by atoms with Gasteiger partial charge in [-0.05, 0) is 30.9 Å². The van der Waals surface area contributed by atoms with Crippen LogP contribution in [0.3, 0.4) is 0 Å². The first kappa shape index (κ1) is 19.8. The zero-order valence-corrected chi connectivity index (χ0v) is 15.8. The van der Waals surface area contributed by atoms with Gasteiger partial charge in [0.25, 0.3) is 5.91 Å². The molecular weight excluding hydrogens is 334 g/mol. The second kappa shape index (κ2) is 8.69. The Morgan fingerprint density at radius 2 is 1.88 bits per heavy atom. The van der Waals surface area contributed by atoms with E-state index in [1.165, 1.54) is 0 Å². The van der Waals surface area contributed by atoms with Crippen LogP contribution in [0.25, 0.3) is 0 Å². The van der Waals surface area contributed by atoms with E-state index in [2.05, 4.69) is 10.9 Å². The van der Waals surface area contributed by atoms with Gasteiger partial charge < -0.3 is 9.64 Å². The van der Waals surface area contributed by atoms with Gasteiger partial charge >= 0.3 is 0 Å². The minimum absolute atomic E-state index is 0.0245. The maximum absolute atomic E-state index is 12.2. The van der Waals surface area contributed by atoms with Gasteiger partial charge in [-0.15, -0.1) is 0 Å². The minimum Gasteiger partial charge on any atom is -0.483 e. The molecule has 1 aliphatic heterocycles. The number of ether oxygens (including phenoxy) is 1. The first-order chi connectivity index (χ1) is 12.3. The third-order valence-electron chi connectivity index (χ3n) is 4.25. The van der Waals surface area contributed by atoms with Crippen LogP contribution < -0.4 is 15.6 Å². The lowest BCUT2D eigenvalue weighted by atomic mass is 10.1. The van der Waals surface area contributed by atoms with Crippen molar-refractivity contribution in [2.75, 3.05) is 19.7 Å². The Kier molecular flexibility index (Phi) is 6.60. The lowest BCUT2D eigenvalue weighted by Gasteiger charge is -2.18. The average Bonchev–Trinajstić information content (AvgIpc) is 2.92. The molecule has 1 aromatic carbocycles. The van der Waals surface area contributed by atoms with Crippen LogP contribution in [0.2, 0.25) is 0 Å². The summed E-state index contributed by atoms with van der Waals surface area (Å²) in [6.45, 7) is 8.68. The van der Waals surface area contributed by atoms with E-state index in [1.54, 1.807) is 4.90 Å². The third kappa shape index (κ3) is 5.21. The number of nitrogens with one attached hydrogen (secondary N) is 2. The van der Waals surface area contributed by atoms with Crippen molar-refractivity contribution in [3.63, 3.8) is 0 Å². The Hall–Kier alpha value is -2.57. The smallest absolute Gasteiger partial charge is 0.276 e. The molecule has 1 saturated heterocycles. The molecule has 1 aromatic rings. The van der Waals surface area contributed by atoms with E-state index < -0.39 is 11.8 Å². The van der Waals surface area contributed by atoms with Gasteiger partial charge in [-0.2, -0.15) is 0 Å². The highest BCUT2D eigenvalue weighted by Gasteiger charge is 2.34. The van der Waals surface area contributed by atoms with Crippen molar-refractivity contribution in [2.45, 2.75) is 34.1 Å². The van der Waals surface area contributed by atoms with Crippen molar-refractivity contribution in [2.24, 2.45) is 11.8 Å². The molecule has 7 nitrogen and oxygen atoms in total. The molecule has 0 radical (unpaired) electrons. The van der Waals surface area contributed by atoms with E-state index in [0.717, 1.165) is 11.1 Å². The zero-order valence-electron chi connectivity index (χ0n) is 15.8. The van der Waals surface area contributed by atoms with Crippen molar-refractivity contribution >= 4 is 17.7 Å². The summed E-state index contributed by atoms with van der Waals surface area (Å²) in [5.41, 5.74) is 6.62. The molecule has 0 saturated carbocycles. The molecule has 0 aromatic heterocycles. The van der Waals surface area contributed by atoms with Gasteiger partial charge in [0.2, 0.25) is 11.8 Å². The van der Waals surface area contributed by atoms with Gasteiger partial charge in [0.15, 0.2) is 6.61 Å². The zero-order chi connectivity index (χ0) is 19.3. The number of nitrogens with zero attached hydrogens (tertiary/aromatic N) is 1. The molecule has 2 rings (SSSR count). The second-order valence-electron chi connectivity index (χ2n) is 7.14. The molecule has 26 heavy (non-hydrogen) atoms. The van der Waals surface area contributed by atoms with E-state index in [0.29, 0.717) is 24.8 Å². The molecule has 1 heterocycles. The Labute approximate surface area is 154 Å². The minimum atomic E-state index is -0.454. The number of carbonyl (C=O) groups is 3. The first-order valence-electron chi connectivity index (χ1n) is 8.83. The molecule has 0 spiro atoms. The van der Waals surface area contributed by atoms with E-state index in [1.807, 2.05) is 45.9 Å². The summed E-state index contributed by atoms with van der Waals surface area (Å²) >= 11 is 0. The number of benzene rings is 1. The summed E-state index contributed by atoms with van der Waals surface area (Å²) < 4.78 is 5.54. The lowest BCUT2D eigenvalue weighted by molar-refractivity contribution is -0.132. The van der Waals surface area contributed by atoms with E-state index in [-0.39, 0.29) is 24.8 Å². The number of hydrogen-bond donors (Lipinski definition) is 2. The first-order valence-corrected chi connectivity index (χ1v) is 8.83. The monoisotopic (exact) mass is 361 g/mol. The second-order valence-corrected chi connectivity index (χ2v) is 7.14. The Balaban J connectivity index is 1.77. The van der Waals surface area contributed by atoms with E-state index in [9.17, 15) is 14.4 Å². The van der Waals surface area contributed by atoms with Crippen LogP contribution in [0.1, 0.15) is 31.4 Å². The normalized spacial score (nSPS) is 16.7. The van der Waals surface area contributed by atoms with Crippen molar-refractivity contribution in [3.8, 4) is 5.75 Å². The van der Waals surface area contributed by atoms with E-state index in [4.69, 9.17) is 4.74 Å². The van der Waals surface area contributed by atoms with Crippen LogP contribution in [0, 0.1) is 25.7 Å². The summed E-state index contributed by atoms with van der Waals surface area (Å²) in [6.07, 6.45) is 0.174. The average molecular weight is 361 g/mol. The fourth-order valence-corrected chi connectivity index (χ4v) is 3.00. The molecule has 2 N–H and O–H groups in total.